The zero-order valence-electron chi connectivity index (χ0n) is 10.8. The van der Waals surface area contributed by atoms with E-state index in [1.165, 1.54) is 0 Å². The summed E-state index contributed by atoms with van der Waals surface area (Å²) in [4.78, 5) is 11.6. The van der Waals surface area contributed by atoms with Crippen molar-refractivity contribution in [2.45, 2.75) is 25.3 Å². The second-order valence-electron chi connectivity index (χ2n) is 4.75. The van der Waals surface area contributed by atoms with Crippen LogP contribution in [0.25, 0.3) is 11.4 Å². The molecule has 1 saturated carbocycles. The van der Waals surface area contributed by atoms with Gasteiger partial charge in [0.25, 0.3) is 0 Å². The molecule has 104 valence electrons. The highest BCUT2D eigenvalue weighted by molar-refractivity contribution is 6.19. The predicted molar refractivity (Wildman–Crippen MR) is 75.5 cm³/mol. The van der Waals surface area contributed by atoms with Gasteiger partial charge in [-0.25, -0.2) is 4.68 Å². The van der Waals surface area contributed by atoms with Gasteiger partial charge in [0.1, 0.15) is 0 Å². The Morgan fingerprint density at radius 1 is 1.45 bits per heavy atom. The number of benzene rings is 1. The minimum atomic E-state index is -0.0982. The molecule has 0 aliphatic heterocycles. The first-order chi connectivity index (χ1) is 9.78. The quantitative estimate of drug-likeness (QED) is 0.858. The smallest absolute Gasteiger partial charge is 0.225 e. The van der Waals surface area contributed by atoms with Crippen molar-refractivity contribution < 1.29 is 4.79 Å². The highest BCUT2D eigenvalue weighted by atomic mass is 35.5. The van der Waals surface area contributed by atoms with Crippen LogP contribution in [0.3, 0.4) is 0 Å². The number of aromatic nitrogens is 4. The highest BCUT2D eigenvalue weighted by Crippen LogP contribution is 2.36. The van der Waals surface area contributed by atoms with Crippen LogP contribution in [0.2, 0.25) is 0 Å². The molecule has 2 aromatic rings. The Kier molecular flexibility index (Phi) is 3.64. The zero-order valence-corrected chi connectivity index (χ0v) is 11.5. The van der Waals surface area contributed by atoms with Crippen molar-refractivity contribution in [3.63, 3.8) is 0 Å². The summed E-state index contributed by atoms with van der Waals surface area (Å²) in [6.45, 7) is 0. The SMILES string of the molecule is O=C(CCCl)Nc1cccc(-c2nnnn2C2CC2)c1. The molecule has 1 aliphatic carbocycles. The van der Waals surface area contributed by atoms with Gasteiger partial charge in [0.2, 0.25) is 5.91 Å². The third kappa shape index (κ3) is 2.80. The number of nitrogens with one attached hydrogen (secondary N) is 1. The monoisotopic (exact) mass is 291 g/mol. The maximum Gasteiger partial charge on any atom is 0.225 e. The second kappa shape index (κ2) is 5.58. The number of hydrogen-bond acceptors (Lipinski definition) is 4. The normalized spacial score (nSPS) is 14.2. The summed E-state index contributed by atoms with van der Waals surface area (Å²) < 4.78 is 1.85. The number of halogens is 1. The average molecular weight is 292 g/mol. The molecule has 1 heterocycles. The zero-order chi connectivity index (χ0) is 13.9. The minimum Gasteiger partial charge on any atom is -0.326 e. The highest BCUT2D eigenvalue weighted by Gasteiger charge is 2.28. The van der Waals surface area contributed by atoms with E-state index in [9.17, 15) is 4.79 Å². The molecule has 1 aromatic carbocycles. The number of alkyl halides is 1. The molecule has 0 bridgehead atoms. The number of tetrazole rings is 1. The molecular formula is C13H14ClN5O. The number of amides is 1. The fourth-order valence-corrected chi connectivity index (χ4v) is 2.17. The van der Waals surface area contributed by atoms with E-state index in [2.05, 4.69) is 20.8 Å². The van der Waals surface area contributed by atoms with Gasteiger partial charge in [-0.3, -0.25) is 4.79 Å². The molecule has 0 unspecified atom stereocenters. The van der Waals surface area contributed by atoms with Gasteiger partial charge in [-0.1, -0.05) is 12.1 Å². The van der Waals surface area contributed by atoms with Gasteiger partial charge in [-0.2, -0.15) is 0 Å². The van der Waals surface area contributed by atoms with Crippen LogP contribution in [0.5, 0.6) is 0 Å². The summed E-state index contributed by atoms with van der Waals surface area (Å²) in [5.41, 5.74) is 1.62. The van der Waals surface area contributed by atoms with E-state index in [4.69, 9.17) is 11.6 Å². The molecule has 1 aromatic heterocycles. The molecule has 1 fully saturated rings. The van der Waals surface area contributed by atoms with Crippen LogP contribution in [0, 0.1) is 0 Å². The third-order valence-corrected chi connectivity index (χ3v) is 3.30. The van der Waals surface area contributed by atoms with E-state index < -0.39 is 0 Å². The van der Waals surface area contributed by atoms with E-state index >= 15 is 0 Å². The van der Waals surface area contributed by atoms with Gasteiger partial charge in [0.05, 0.1) is 6.04 Å². The number of carbonyl (C=O) groups is 1. The van der Waals surface area contributed by atoms with Gasteiger partial charge in [-0.05, 0) is 35.4 Å². The first-order valence-corrected chi connectivity index (χ1v) is 7.05. The lowest BCUT2D eigenvalue weighted by molar-refractivity contribution is -0.115. The number of hydrogen-bond donors (Lipinski definition) is 1. The van der Waals surface area contributed by atoms with Gasteiger partial charge in [-0.15, -0.1) is 16.7 Å². The first-order valence-electron chi connectivity index (χ1n) is 6.52. The lowest BCUT2D eigenvalue weighted by Gasteiger charge is -2.07. The standard InChI is InChI=1S/C13H14ClN5O/c14-7-6-12(20)15-10-3-1-2-9(8-10)13-16-17-18-19(13)11-4-5-11/h1-3,8,11H,4-7H2,(H,15,20). The molecule has 6 nitrogen and oxygen atoms in total. The van der Waals surface area contributed by atoms with Gasteiger partial charge in [0, 0.05) is 23.6 Å². The number of anilines is 1. The van der Waals surface area contributed by atoms with E-state index in [0.717, 1.165) is 29.9 Å². The van der Waals surface area contributed by atoms with Crippen molar-refractivity contribution in [2.24, 2.45) is 0 Å². The molecule has 1 amide bonds. The van der Waals surface area contributed by atoms with Crippen LogP contribution in [-0.2, 0) is 4.79 Å². The summed E-state index contributed by atoms with van der Waals surface area (Å²) in [5, 5.41) is 14.6. The third-order valence-electron chi connectivity index (χ3n) is 3.11. The average Bonchev–Trinajstić information content (AvgIpc) is 3.16. The number of rotatable bonds is 5. The van der Waals surface area contributed by atoms with Crippen LogP contribution in [0.4, 0.5) is 5.69 Å². The Morgan fingerprint density at radius 2 is 2.30 bits per heavy atom. The maximum absolute atomic E-state index is 11.6. The Balaban J connectivity index is 1.83. The van der Waals surface area contributed by atoms with E-state index in [-0.39, 0.29) is 5.91 Å². The maximum atomic E-state index is 11.6. The van der Waals surface area contributed by atoms with Crippen LogP contribution in [0.15, 0.2) is 24.3 Å². The Bertz CT molecular complexity index is 623. The molecule has 1 aliphatic rings. The van der Waals surface area contributed by atoms with Crippen LogP contribution in [-0.4, -0.2) is 32.0 Å². The van der Waals surface area contributed by atoms with Crippen LogP contribution >= 0.6 is 11.6 Å². The molecule has 20 heavy (non-hydrogen) atoms. The molecule has 7 heteroatoms. The van der Waals surface area contributed by atoms with E-state index in [0.29, 0.717) is 18.3 Å². The summed E-state index contributed by atoms with van der Waals surface area (Å²) in [6, 6.07) is 7.92. The minimum absolute atomic E-state index is 0.0982. The molecule has 1 N–H and O–H groups in total. The van der Waals surface area contributed by atoms with Crippen molar-refractivity contribution in [3.8, 4) is 11.4 Å². The van der Waals surface area contributed by atoms with Crippen LogP contribution < -0.4 is 5.32 Å². The lowest BCUT2D eigenvalue weighted by Crippen LogP contribution is -2.11. The fourth-order valence-electron chi connectivity index (χ4n) is 1.99. The Labute approximate surface area is 121 Å². The van der Waals surface area contributed by atoms with E-state index in [1.54, 1.807) is 0 Å². The van der Waals surface area contributed by atoms with Gasteiger partial charge < -0.3 is 5.32 Å². The molecule has 0 atom stereocenters. The summed E-state index contributed by atoms with van der Waals surface area (Å²) >= 11 is 5.55. The Hall–Kier alpha value is -1.95. The number of carbonyl (C=O) groups excluding carboxylic acids is 1. The largest absolute Gasteiger partial charge is 0.326 e. The fraction of sp³-hybridized carbons (Fsp3) is 0.385. The second-order valence-corrected chi connectivity index (χ2v) is 5.12. The summed E-state index contributed by atoms with van der Waals surface area (Å²) in [6.07, 6.45) is 2.53. The lowest BCUT2D eigenvalue weighted by atomic mass is 10.2. The van der Waals surface area contributed by atoms with Gasteiger partial charge in [0.15, 0.2) is 5.82 Å². The molecule has 3 rings (SSSR count). The van der Waals surface area contributed by atoms with Crippen LogP contribution in [0.1, 0.15) is 25.3 Å². The first kappa shape index (κ1) is 13.1. The molecule has 0 spiro atoms. The van der Waals surface area contributed by atoms with Gasteiger partial charge >= 0.3 is 0 Å². The Morgan fingerprint density at radius 3 is 3.05 bits per heavy atom. The van der Waals surface area contributed by atoms with Crippen molar-refractivity contribution in [1.29, 1.82) is 0 Å². The van der Waals surface area contributed by atoms with Crippen molar-refractivity contribution >= 4 is 23.2 Å². The number of nitrogens with zero attached hydrogens (tertiary/aromatic N) is 4. The predicted octanol–water partition coefficient (Wildman–Crippen LogP) is 2.24. The topological polar surface area (TPSA) is 72.7 Å². The molecule has 0 saturated heterocycles. The summed E-state index contributed by atoms with van der Waals surface area (Å²) in [5.74, 6) is 0.950. The molecular weight excluding hydrogens is 278 g/mol. The van der Waals surface area contributed by atoms with E-state index in [1.807, 2.05) is 28.9 Å². The molecule has 0 radical (unpaired) electrons. The summed E-state index contributed by atoms with van der Waals surface area (Å²) in [7, 11) is 0. The van der Waals surface area contributed by atoms with Crippen molar-refractivity contribution in [2.75, 3.05) is 11.2 Å². The van der Waals surface area contributed by atoms with Crippen molar-refractivity contribution in [3.05, 3.63) is 24.3 Å². The van der Waals surface area contributed by atoms with Crippen molar-refractivity contribution in [1.82, 2.24) is 20.2 Å².